The Morgan fingerprint density at radius 1 is 1.00 bits per heavy atom. The molecule has 0 aliphatic heterocycles. The zero-order valence-electron chi connectivity index (χ0n) is 15.1. The van der Waals surface area contributed by atoms with Gasteiger partial charge in [-0.1, -0.05) is 41.9 Å². The number of quaternary nitrogens is 1. The normalized spacial score (nSPS) is 12.3. The van der Waals surface area contributed by atoms with Crippen molar-refractivity contribution in [1.29, 1.82) is 0 Å². The zero-order chi connectivity index (χ0) is 20.7. The molecule has 0 aromatic heterocycles. The van der Waals surface area contributed by atoms with Crippen LogP contribution in [0.1, 0.15) is 11.1 Å². The van der Waals surface area contributed by atoms with Gasteiger partial charge in [0.1, 0.15) is 0 Å². The number of rotatable bonds is 7. The molecule has 0 spiro atoms. The van der Waals surface area contributed by atoms with E-state index in [-0.39, 0.29) is 31.2 Å². The second kappa shape index (κ2) is 9.57. The first-order valence-electron chi connectivity index (χ1n) is 8.44. The molecule has 1 atom stereocenters. The van der Waals surface area contributed by atoms with Gasteiger partial charge >= 0.3 is 6.18 Å². The largest absolute Gasteiger partial charge is 0.418 e. The fourth-order valence-electron chi connectivity index (χ4n) is 2.54. The van der Waals surface area contributed by atoms with E-state index in [2.05, 4.69) is 10.6 Å². The number of para-hydroxylation sites is 1. The molecule has 0 saturated heterocycles. The van der Waals surface area contributed by atoms with Gasteiger partial charge in [0.25, 0.3) is 11.8 Å². The van der Waals surface area contributed by atoms with Gasteiger partial charge in [0, 0.05) is 11.6 Å². The number of carbonyl (C=O) groups is 2. The second-order valence-corrected chi connectivity index (χ2v) is 6.68. The molecule has 3 N–H and O–H groups in total. The summed E-state index contributed by atoms with van der Waals surface area (Å²) in [7, 11) is 1.60. The van der Waals surface area contributed by atoms with Crippen molar-refractivity contribution in [2.24, 2.45) is 0 Å². The Bertz CT molecular complexity index is 843. The van der Waals surface area contributed by atoms with Gasteiger partial charge in [0.2, 0.25) is 0 Å². The van der Waals surface area contributed by atoms with Crippen LogP contribution in [-0.2, 0) is 22.3 Å². The number of amides is 2. The molecule has 0 saturated carbocycles. The lowest BCUT2D eigenvalue weighted by molar-refractivity contribution is -0.862. The van der Waals surface area contributed by atoms with Gasteiger partial charge in [-0.15, -0.1) is 0 Å². The summed E-state index contributed by atoms with van der Waals surface area (Å²) in [6, 6.07) is 11.8. The molecule has 9 heteroatoms. The van der Waals surface area contributed by atoms with Crippen LogP contribution < -0.4 is 15.5 Å². The summed E-state index contributed by atoms with van der Waals surface area (Å²) in [4.78, 5) is 24.6. The number of anilines is 1. The fraction of sp³-hybridized carbons (Fsp3) is 0.263. The van der Waals surface area contributed by atoms with Crippen molar-refractivity contribution in [2.75, 3.05) is 25.5 Å². The van der Waals surface area contributed by atoms with Crippen molar-refractivity contribution in [3.63, 3.8) is 0 Å². The number of benzene rings is 2. The molecule has 2 rings (SSSR count). The van der Waals surface area contributed by atoms with Gasteiger partial charge in [-0.25, -0.2) is 0 Å². The Balaban J connectivity index is 1.84. The number of likely N-dealkylation sites (N-methyl/N-ethyl adjacent to an activating group) is 1. The van der Waals surface area contributed by atoms with Crippen LogP contribution in [0, 0.1) is 0 Å². The Kier molecular flexibility index (Phi) is 7.42. The highest BCUT2D eigenvalue weighted by Crippen LogP contribution is 2.34. The van der Waals surface area contributed by atoms with Crippen molar-refractivity contribution >= 4 is 29.1 Å². The van der Waals surface area contributed by atoms with E-state index in [9.17, 15) is 22.8 Å². The van der Waals surface area contributed by atoms with E-state index in [1.54, 1.807) is 31.3 Å². The van der Waals surface area contributed by atoms with Crippen LogP contribution in [-0.4, -0.2) is 32.0 Å². The summed E-state index contributed by atoms with van der Waals surface area (Å²) in [5.74, 6) is -0.922. The SMILES string of the molecule is C[NH+](CC(=O)NCc1ccccc1Cl)CC(=O)Nc1ccccc1C(F)(F)F. The van der Waals surface area contributed by atoms with Crippen LogP contribution in [0.25, 0.3) is 0 Å². The van der Waals surface area contributed by atoms with Crippen LogP contribution in [0.2, 0.25) is 5.02 Å². The monoisotopic (exact) mass is 414 g/mol. The average Bonchev–Trinajstić information content (AvgIpc) is 2.60. The molecule has 28 heavy (non-hydrogen) atoms. The predicted molar refractivity (Wildman–Crippen MR) is 100.0 cm³/mol. The average molecular weight is 415 g/mol. The standard InChI is InChI=1S/C19H19ClF3N3O2/c1-26(11-17(27)24-10-13-6-2-4-8-15(13)20)12-18(28)25-16-9-5-3-7-14(16)19(21,22)23/h2-9H,10-12H2,1H3,(H,24,27)(H,25,28)/p+1. The third kappa shape index (κ3) is 6.54. The summed E-state index contributed by atoms with van der Waals surface area (Å²) < 4.78 is 38.9. The molecule has 0 aliphatic rings. The molecule has 5 nitrogen and oxygen atoms in total. The lowest BCUT2D eigenvalue weighted by atomic mass is 10.1. The molecule has 150 valence electrons. The second-order valence-electron chi connectivity index (χ2n) is 6.27. The number of nitrogens with one attached hydrogen (secondary N) is 3. The summed E-state index contributed by atoms with van der Waals surface area (Å²) in [5, 5.41) is 5.49. The van der Waals surface area contributed by atoms with Crippen LogP contribution in [0.3, 0.4) is 0 Å². The van der Waals surface area contributed by atoms with E-state index in [1.807, 2.05) is 0 Å². The minimum Gasteiger partial charge on any atom is -0.347 e. The Morgan fingerprint density at radius 3 is 2.29 bits per heavy atom. The van der Waals surface area contributed by atoms with Crippen molar-refractivity contribution < 1.29 is 27.7 Å². The van der Waals surface area contributed by atoms with E-state index in [1.165, 1.54) is 18.2 Å². The molecule has 0 aliphatic carbocycles. The highest BCUT2D eigenvalue weighted by Gasteiger charge is 2.33. The van der Waals surface area contributed by atoms with Crippen molar-refractivity contribution in [3.8, 4) is 0 Å². The van der Waals surface area contributed by atoms with Gasteiger partial charge in [-0.3, -0.25) is 9.59 Å². The number of carbonyl (C=O) groups excluding carboxylic acids is 2. The minimum atomic E-state index is -4.57. The third-order valence-electron chi connectivity index (χ3n) is 3.87. The maximum absolute atomic E-state index is 13.0. The van der Waals surface area contributed by atoms with Crippen LogP contribution in [0.15, 0.2) is 48.5 Å². The Hall–Kier alpha value is -2.58. The number of alkyl halides is 3. The first kappa shape index (κ1) is 21.7. The highest BCUT2D eigenvalue weighted by molar-refractivity contribution is 6.31. The third-order valence-corrected chi connectivity index (χ3v) is 4.23. The molecule has 0 fully saturated rings. The lowest BCUT2D eigenvalue weighted by Crippen LogP contribution is -3.11. The quantitative estimate of drug-likeness (QED) is 0.650. The van der Waals surface area contributed by atoms with Gasteiger partial charge in [0.15, 0.2) is 13.1 Å². The van der Waals surface area contributed by atoms with E-state index in [0.717, 1.165) is 11.6 Å². The molecular weight excluding hydrogens is 395 g/mol. The molecule has 0 radical (unpaired) electrons. The molecule has 2 aromatic rings. The number of hydrogen-bond donors (Lipinski definition) is 3. The minimum absolute atomic E-state index is 0.0151. The lowest BCUT2D eigenvalue weighted by Gasteiger charge is -2.16. The summed E-state index contributed by atoms with van der Waals surface area (Å²) in [5.41, 5.74) is -0.467. The zero-order valence-corrected chi connectivity index (χ0v) is 15.8. The molecule has 0 bridgehead atoms. The van der Waals surface area contributed by atoms with Gasteiger partial charge in [0.05, 0.1) is 18.3 Å². The number of halogens is 4. The topological polar surface area (TPSA) is 62.6 Å². The van der Waals surface area contributed by atoms with Crippen molar-refractivity contribution in [3.05, 3.63) is 64.7 Å². The fourth-order valence-corrected chi connectivity index (χ4v) is 2.75. The van der Waals surface area contributed by atoms with Gasteiger partial charge in [-0.2, -0.15) is 13.2 Å². The van der Waals surface area contributed by atoms with Gasteiger partial charge < -0.3 is 15.5 Å². The number of hydrogen-bond acceptors (Lipinski definition) is 2. The van der Waals surface area contributed by atoms with Crippen molar-refractivity contribution in [2.45, 2.75) is 12.7 Å². The molecule has 0 heterocycles. The Labute approximate surface area is 165 Å². The van der Waals surface area contributed by atoms with Crippen LogP contribution in [0.5, 0.6) is 0 Å². The van der Waals surface area contributed by atoms with Crippen LogP contribution in [0.4, 0.5) is 18.9 Å². The summed E-state index contributed by atoms with van der Waals surface area (Å²) in [6.07, 6.45) is -4.57. The van der Waals surface area contributed by atoms with Crippen LogP contribution >= 0.6 is 11.6 Å². The summed E-state index contributed by atoms with van der Waals surface area (Å²) >= 11 is 6.01. The highest BCUT2D eigenvalue weighted by atomic mass is 35.5. The molecule has 2 aromatic carbocycles. The van der Waals surface area contributed by atoms with Gasteiger partial charge in [-0.05, 0) is 23.8 Å². The smallest absolute Gasteiger partial charge is 0.347 e. The maximum Gasteiger partial charge on any atom is 0.418 e. The molecule has 2 amide bonds. The first-order chi connectivity index (χ1) is 13.2. The van der Waals surface area contributed by atoms with E-state index in [0.29, 0.717) is 9.92 Å². The predicted octanol–water partition coefficient (Wildman–Crippen LogP) is 2.13. The first-order valence-corrected chi connectivity index (χ1v) is 8.82. The van der Waals surface area contributed by atoms with Crippen molar-refractivity contribution in [1.82, 2.24) is 5.32 Å². The molecule has 1 unspecified atom stereocenters. The summed E-state index contributed by atoms with van der Waals surface area (Å²) in [6.45, 7) is 0.0709. The molecular formula is C19H20ClF3N3O2+. The van der Waals surface area contributed by atoms with E-state index >= 15 is 0 Å². The maximum atomic E-state index is 13.0. The van der Waals surface area contributed by atoms with E-state index < -0.39 is 17.6 Å². The Morgan fingerprint density at radius 2 is 1.61 bits per heavy atom. The van der Waals surface area contributed by atoms with E-state index in [4.69, 9.17) is 11.6 Å².